The van der Waals surface area contributed by atoms with Gasteiger partial charge in [-0.2, -0.15) is 0 Å². The molecule has 6 N–H and O–H groups in total. The van der Waals surface area contributed by atoms with E-state index in [2.05, 4.69) is 6.92 Å². The Hall–Kier alpha value is -1.71. The van der Waals surface area contributed by atoms with Crippen LogP contribution < -0.4 is 0 Å². The number of hydrogen-bond donors (Lipinski definition) is 6. The summed E-state index contributed by atoms with van der Waals surface area (Å²) in [6.07, 6.45) is 10.5. The molecule has 0 saturated carbocycles. The highest BCUT2D eigenvalue weighted by atomic mass is 16.4. The van der Waals surface area contributed by atoms with Gasteiger partial charge in [0.25, 0.3) is 0 Å². The molecule has 0 aromatic rings. The van der Waals surface area contributed by atoms with Crippen LogP contribution in [0.3, 0.4) is 0 Å². The van der Waals surface area contributed by atoms with Crippen LogP contribution in [0.15, 0.2) is 0 Å². The minimum atomic E-state index is -2.74. The maximum absolute atomic E-state index is 10.3. The third-order valence-electron chi connectivity index (χ3n) is 4.70. The van der Waals surface area contributed by atoms with E-state index in [0.29, 0.717) is 0 Å². The molecule has 9 nitrogen and oxygen atoms in total. The molecule has 0 bridgehead atoms. The van der Waals surface area contributed by atoms with E-state index in [4.69, 9.17) is 25.5 Å². The maximum Gasteiger partial charge on any atom is 0.336 e. The minimum absolute atomic E-state index is 0.524. The fraction of sp³-hybridized carbons (Fsp3) is 0.857. The summed E-state index contributed by atoms with van der Waals surface area (Å²) < 4.78 is 0. The number of unbranched alkanes of at least 4 members (excludes halogenated alkanes) is 9. The molecule has 0 fully saturated rings. The van der Waals surface area contributed by atoms with Gasteiger partial charge in [0.15, 0.2) is 5.60 Å². The van der Waals surface area contributed by atoms with Crippen LogP contribution in [0.2, 0.25) is 0 Å². The highest BCUT2D eigenvalue weighted by Gasteiger charge is 2.40. The summed E-state index contributed by atoms with van der Waals surface area (Å²) in [5.74, 6) is -5.02. The van der Waals surface area contributed by atoms with Crippen LogP contribution in [-0.2, 0) is 14.4 Å². The van der Waals surface area contributed by atoms with Crippen LogP contribution in [-0.4, -0.2) is 66.4 Å². The lowest BCUT2D eigenvalue weighted by Crippen LogP contribution is -2.42. The number of aliphatic carboxylic acids is 3. The molecule has 2 atom stereocenters. The van der Waals surface area contributed by atoms with Gasteiger partial charge in [0.1, 0.15) is 0 Å². The average Bonchev–Trinajstić information content (AvgIpc) is 2.62. The first-order valence-electron chi connectivity index (χ1n) is 10.7. The first-order valence-corrected chi connectivity index (χ1v) is 10.7. The molecule has 0 radical (unpaired) electrons. The Morgan fingerprint density at radius 1 is 0.733 bits per heavy atom. The van der Waals surface area contributed by atoms with Crippen LogP contribution in [0.5, 0.6) is 0 Å². The van der Waals surface area contributed by atoms with E-state index in [-0.39, 0.29) is 0 Å². The van der Waals surface area contributed by atoms with Crippen molar-refractivity contribution in [1.29, 1.82) is 0 Å². The zero-order valence-corrected chi connectivity index (χ0v) is 18.3. The van der Waals surface area contributed by atoms with Crippen molar-refractivity contribution in [2.75, 3.05) is 0 Å². The van der Waals surface area contributed by atoms with Gasteiger partial charge in [-0.3, -0.25) is 9.59 Å². The molecule has 2 unspecified atom stereocenters. The van der Waals surface area contributed by atoms with E-state index in [1.54, 1.807) is 6.92 Å². The number of carboxylic acid groups (broad SMARTS) is 3. The Bertz CT molecular complexity index is 461. The molecule has 0 saturated heterocycles. The fourth-order valence-corrected chi connectivity index (χ4v) is 2.80. The van der Waals surface area contributed by atoms with E-state index in [1.165, 1.54) is 57.8 Å². The molecular formula is C21H40O9. The quantitative estimate of drug-likeness (QED) is 0.187. The molecule has 0 rings (SSSR count). The van der Waals surface area contributed by atoms with Crippen molar-refractivity contribution in [2.24, 2.45) is 0 Å². The molecule has 0 aliphatic heterocycles. The third-order valence-corrected chi connectivity index (χ3v) is 4.70. The second kappa shape index (κ2) is 18.1. The lowest BCUT2D eigenvalue weighted by Gasteiger charge is -2.18. The zero-order valence-electron chi connectivity index (χ0n) is 18.3. The summed E-state index contributed by atoms with van der Waals surface area (Å²) in [7, 11) is 0. The monoisotopic (exact) mass is 436 g/mol. The highest BCUT2D eigenvalue weighted by molar-refractivity contribution is 5.88. The van der Waals surface area contributed by atoms with Crippen molar-refractivity contribution >= 4 is 17.9 Å². The summed E-state index contributed by atoms with van der Waals surface area (Å²) in [6, 6.07) is 0. The van der Waals surface area contributed by atoms with Gasteiger partial charge < -0.3 is 30.6 Å². The second-order valence-corrected chi connectivity index (χ2v) is 7.76. The van der Waals surface area contributed by atoms with Gasteiger partial charge >= 0.3 is 17.9 Å². The normalized spacial score (nSPS) is 13.1. The number of rotatable bonds is 17. The number of aliphatic hydroxyl groups excluding tert-OH is 2. The maximum atomic E-state index is 10.3. The molecule has 0 aliphatic rings. The van der Waals surface area contributed by atoms with E-state index in [1.807, 2.05) is 0 Å². The van der Waals surface area contributed by atoms with Gasteiger partial charge in [0, 0.05) is 0 Å². The molecular weight excluding hydrogens is 396 g/mol. The van der Waals surface area contributed by atoms with Crippen molar-refractivity contribution < 1.29 is 45.0 Å². The molecule has 0 heterocycles. The molecule has 0 aromatic heterocycles. The smallest absolute Gasteiger partial charge is 0.336 e. The second-order valence-electron chi connectivity index (χ2n) is 7.76. The lowest BCUT2D eigenvalue weighted by atomic mass is 9.96. The predicted octanol–water partition coefficient (Wildman–Crippen LogP) is 2.79. The Balaban J connectivity index is 0. The predicted molar refractivity (Wildman–Crippen MR) is 111 cm³/mol. The van der Waals surface area contributed by atoms with Crippen molar-refractivity contribution in [1.82, 2.24) is 0 Å². The van der Waals surface area contributed by atoms with E-state index < -0.39 is 48.6 Å². The molecule has 30 heavy (non-hydrogen) atoms. The Morgan fingerprint density at radius 2 is 1.10 bits per heavy atom. The zero-order chi connectivity index (χ0) is 23.6. The summed E-state index contributed by atoms with van der Waals surface area (Å²) in [6.45, 7) is 3.91. The Morgan fingerprint density at radius 3 is 1.40 bits per heavy atom. The third kappa shape index (κ3) is 18.3. The van der Waals surface area contributed by atoms with Gasteiger partial charge in [0.2, 0.25) is 0 Å². The first kappa shape index (κ1) is 30.5. The first-order chi connectivity index (χ1) is 14.0. The van der Waals surface area contributed by atoms with Crippen molar-refractivity contribution in [2.45, 2.75) is 115 Å². The van der Waals surface area contributed by atoms with Crippen molar-refractivity contribution in [3.05, 3.63) is 0 Å². The SMILES string of the molecule is CCCCCCCCCCCCC(O)C(C)O.O=C(O)CC(O)(CC(=O)O)C(=O)O. The van der Waals surface area contributed by atoms with Crippen LogP contribution in [0.1, 0.15) is 97.3 Å². The van der Waals surface area contributed by atoms with Crippen LogP contribution >= 0.6 is 0 Å². The summed E-state index contributed by atoms with van der Waals surface area (Å²) >= 11 is 0. The Kier molecular flexibility index (Phi) is 18.4. The lowest BCUT2D eigenvalue weighted by molar-refractivity contribution is -0.170. The summed E-state index contributed by atoms with van der Waals surface area (Å²) in [5, 5.41) is 52.3. The van der Waals surface area contributed by atoms with E-state index in [9.17, 15) is 19.5 Å². The average molecular weight is 437 g/mol. The molecule has 0 aliphatic carbocycles. The van der Waals surface area contributed by atoms with Gasteiger partial charge in [-0.05, 0) is 13.3 Å². The van der Waals surface area contributed by atoms with Crippen molar-refractivity contribution in [3.8, 4) is 0 Å². The summed E-state index contributed by atoms with van der Waals surface area (Å²) in [4.78, 5) is 30.5. The standard InChI is InChI=1S/C15H32O2.C6H8O7/c1-3-4-5-6-7-8-9-10-11-12-13-15(17)14(2)16;7-3(8)1-6(13,5(11)12)2-4(9)10/h14-17H,3-13H2,1-2H3;13H,1-2H2,(H,7,8)(H,9,10)(H,11,12). The molecule has 0 spiro atoms. The van der Waals surface area contributed by atoms with Gasteiger partial charge in [0.05, 0.1) is 25.0 Å². The number of aliphatic hydroxyl groups is 3. The van der Waals surface area contributed by atoms with E-state index >= 15 is 0 Å². The molecule has 9 heteroatoms. The largest absolute Gasteiger partial charge is 0.481 e. The topological polar surface area (TPSA) is 173 Å². The van der Waals surface area contributed by atoms with Crippen molar-refractivity contribution in [3.63, 3.8) is 0 Å². The van der Waals surface area contributed by atoms with Crippen LogP contribution in [0, 0.1) is 0 Å². The van der Waals surface area contributed by atoms with Gasteiger partial charge in [-0.15, -0.1) is 0 Å². The molecule has 0 aromatic carbocycles. The number of carbonyl (C=O) groups is 3. The number of hydrogen-bond acceptors (Lipinski definition) is 6. The summed E-state index contributed by atoms with van der Waals surface area (Å²) in [5.41, 5.74) is -2.74. The molecule has 178 valence electrons. The van der Waals surface area contributed by atoms with E-state index in [0.717, 1.165) is 12.8 Å². The Labute approximate surface area is 178 Å². The van der Waals surface area contributed by atoms with Gasteiger partial charge in [-0.1, -0.05) is 71.1 Å². The highest BCUT2D eigenvalue weighted by Crippen LogP contribution is 2.16. The fourth-order valence-electron chi connectivity index (χ4n) is 2.80. The minimum Gasteiger partial charge on any atom is -0.481 e. The van der Waals surface area contributed by atoms with Gasteiger partial charge in [-0.25, -0.2) is 4.79 Å². The molecule has 0 amide bonds. The van der Waals surface area contributed by atoms with Crippen LogP contribution in [0.4, 0.5) is 0 Å². The number of carboxylic acids is 3. The van der Waals surface area contributed by atoms with Crippen LogP contribution in [0.25, 0.3) is 0 Å².